The highest BCUT2D eigenvalue weighted by Crippen LogP contribution is 2.28. The maximum Gasteiger partial charge on any atom is 0.263 e. The molecule has 3 rings (SSSR count). The van der Waals surface area contributed by atoms with Crippen LogP contribution in [0, 0.1) is 0 Å². The van der Waals surface area contributed by atoms with Crippen molar-refractivity contribution in [2.24, 2.45) is 7.05 Å². The zero-order valence-electron chi connectivity index (χ0n) is 12.5. The van der Waals surface area contributed by atoms with E-state index in [9.17, 15) is 8.42 Å². The summed E-state index contributed by atoms with van der Waals surface area (Å²) in [4.78, 5) is 6.00. The Labute approximate surface area is 145 Å². The second-order valence-electron chi connectivity index (χ2n) is 5.29. The van der Waals surface area contributed by atoms with Crippen molar-refractivity contribution in [3.63, 3.8) is 0 Å². The maximum atomic E-state index is 12.7. The molecule has 0 bridgehead atoms. The van der Waals surface area contributed by atoms with Gasteiger partial charge in [-0.25, -0.2) is 13.4 Å². The van der Waals surface area contributed by atoms with Crippen LogP contribution in [0.25, 0.3) is 0 Å². The lowest BCUT2D eigenvalue weighted by Gasteiger charge is -2.35. The van der Waals surface area contributed by atoms with Gasteiger partial charge in [-0.2, -0.15) is 4.31 Å². The van der Waals surface area contributed by atoms with E-state index in [1.165, 1.54) is 15.2 Å². The van der Waals surface area contributed by atoms with Gasteiger partial charge in [-0.15, -0.1) is 0 Å². The van der Waals surface area contributed by atoms with E-state index in [-0.39, 0.29) is 10.2 Å². The predicted octanol–water partition coefficient (Wildman–Crippen LogP) is 2.24. The number of aryl methyl sites for hydroxylation is 1. The molecule has 1 saturated heterocycles. The van der Waals surface area contributed by atoms with E-state index in [4.69, 9.17) is 23.2 Å². The molecule has 0 amide bonds. The van der Waals surface area contributed by atoms with Crippen molar-refractivity contribution in [1.29, 1.82) is 0 Å². The van der Waals surface area contributed by atoms with Crippen molar-refractivity contribution in [3.8, 4) is 0 Å². The highest BCUT2D eigenvalue weighted by molar-refractivity contribution is 7.89. The lowest BCUT2D eigenvalue weighted by atomic mass is 10.2. The summed E-state index contributed by atoms with van der Waals surface area (Å²) in [5.41, 5.74) is 0.919. The third-order valence-electron chi connectivity index (χ3n) is 3.85. The van der Waals surface area contributed by atoms with Crippen LogP contribution in [-0.2, 0) is 17.1 Å². The quantitative estimate of drug-likeness (QED) is 0.826. The molecule has 2 aromatic rings. The highest BCUT2D eigenvalue weighted by Gasteiger charge is 2.32. The van der Waals surface area contributed by atoms with Gasteiger partial charge in [0.15, 0.2) is 0 Å². The molecular formula is C14H16Cl2N4O2S. The first kappa shape index (κ1) is 16.6. The Morgan fingerprint density at radius 1 is 1.09 bits per heavy atom. The molecule has 1 aliphatic heterocycles. The van der Waals surface area contributed by atoms with Crippen LogP contribution in [-0.4, -0.2) is 48.5 Å². The number of imidazole rings is 1. The van der Waals surface area contributed by atoms with Crippen molar-refractivity contribution in [1.82, 2.24) is 13.9 Å². The summed E-state index contributed by atoms with van der Waals surface area (Å²) in [5, 5.41) is 0.697. The van der Waals surface area contributed by atoms with Crippen LogP contribution in [0.15, 0.2) is 35.6 Å². The minimum atomic E-state index is -3.68. The van der Waals surface area contributed by atoms with Crippen molar-refractivity contribution < 1.29 is 8.42 Å². The summed E-state index contributed by atoms with van der Waals surface area (Å²) in [6.45, 7) is 1.85. The zero-order valence-corrected chi connectivity index (χ0v) is 14.8. The number of sulfonamides is 1. The van der Waals surface area contributed by atoms with Gasteiger partial charge in [-0.05, 0) is 12.1 Å². The van der Waals surface area contributed by atoms with Gasteiger partial charge in [0, 0.05) is 33.2 Å². The number of halogens is 2. The van der Waals surface area contributed by atoms with Gasteiger partial charge in [-0.1, -0.05) is 35.3 Å². The SMILES string of the molecule is Cn1cnc(S(=O)(=O)N2CCN(c3ccccc3Cl)CC2)c1Cl. The van der Waals surface area contributed by atoms with Gasteiger partial charge in [-0.3, -0.25) is 0 Å². The number of hydrogen-bond acceptors (Lipinski definition) is 4. The number of hydrogen-bond donors (Lipinski definition) is 0. The van der Waals surface area contributed by atoms with Crippen molar-refractivity contribution >= 4 is 38.9 Å². The molecule has 9 heteroatoms. The van der Waals surface area contributed by atoms with E-state index in [2.05, 4.69) is 9.88 Å². The van der Waals surface area contributed by atoms with Crippen LogP contribution < -0.4 is 4.90 Å². The summed E-state index contributed by atoms with van der Waals surface area (Å²) in [6.07, 6.45) is 1.40. The Morgan fingerprint density at radius 2 is 1.74 bits per heavy atom. The molecule has 0 spiro atoms. The first-order valence-electron chi connectivity index (χ1n) is 7.07. The second kappa shape index (κ2) is 6.32. The normalized spacial score (nSPS) is 16.7. The molecule has 2 heterocycles. The number of aromatic nitrogens is 2. The van der Waals surface area contributed by atoms with E-state index in [1.807, 2.05) is 24.3 Å². The number of benzene rings is 1. The molecule has 1 aromatic carbocycles. The Kier molecular flexibility index (Phi) is 4.55. The van der Waals surface area contributed by atoms with E-state index in [0.717, 1.165) is 5.69 Å². The number of anilines is 1. The molecule has 0 N–H and O–H groups in total. The Morgan fingerprint density at radius 3 is 2.30 bits per heavy atom. The number of piperazine rings is 1. The monoisotopic (exact) mass is 374 g/mol. The van der Waals surface area contributed by atoms with Crippen LogP contribution >= 0.6 is 23.2 Å². The highest BCUT2D eigenvalue weighted by atomic mass is 35.5. The zero-order chi connectivity index (χ0) is 16.6. The first-order valence-corrected chi connectivity index (χ1v) is 9.27. The topological polar surface area (TPSA) is 58.4 Å². The third-order valence-corrected chi connectivity index (χ3v) is 6.56. The standard InChI is InChI=1S/C14H16Cl2N4O2S/c1-18-10-17-14(13(18)16)23(21,22)20-8-6-19(7-9-20)12-5-3-2-4-11(12)15/h2-5,10H,6-9H2,1H3. The number of rotatable bonds is 3. The summed E-state index contributed by atoms with van der Waals surface area (Å²) in [7, 11) is -2.02. The van der Waals surface area contributed by atoms with Crippen molar-refractivity contribution in [2.45, 2.75) is 5.03 Å². The number of nitrogens with zero attached hydrogens (tertiary/aromatic N) is 4. The molecule has 0 radical (unpaired) electrons. The van der Waals surface area contributed by atoms with Crippen LogP contribution in [0.1, 0.15) is 0 Å². The lowest BCUT2D eigenvalue weighted by molar-refractivity contribution is 0.383. The van der Waals surface area contributed by atoms with E-state index < -0.39 is 10.0 Å². The van der Waals surface area contributed by atoms with Gasteiger partial charge < -0.3 is 9.47 Å². The minimum Gasteiger partial charge on any atom is -0.368 e. The fourth-order valence-electron chi connectivity index (χ4n) is 2.57. The van der Waals surface area contributed by atoms with Gasteiger partial charge in [0.1, 0.15) is 5.15 Å². The summed E-state index contributed by atoms with van der Waals surface area (Å²) >= 11 is 12.2. The number of para-hydroxylation sites is 1. The van der Waals surface area contributed by atoms with Gasteiger partial charge in [0.25, 0.3) is 10.0 Å². The molecule has 1 aromatic heterocycles. The molecule has 1 aliphatic rings. The third kappa shape index (κ3) is 3.06. The lowest BCUT2D eigenvalue weighted by Crippen LogP contribution is -2.48. The van der Waals surface area contributed by atoms with Gasteiger partial charge in [0.05, 0.1) is 17.0 Å². The van der Waals surface area contributed by atoms with Crippen LogP contribution in [0.2, 0.25) is 10.2 Å². The molecule has 0 aliphatic carbocycles. The Balaban J connectivity index is 1.76. The summed E-state index contributed by atoms with van der Waals surface area (Å²) < 4.78 is 28.2. The summed E-state index contributed by atoms with van der Waals surface area (Å²) in [6, 6.07) is 7.55. The smallest absolute Gasteiger partial charge is 0.263 e. The molecule has 0 unspecified atom stereocenters. The van der Waals surface area contributed by atoms with E-state index in [0.29, 0.717) is 31.2 Å². The van der Waals surface area contributed by atoms with Crippen LogP contribution in [0.5, 0.6) is 0 Å². The molecule has 124 valence electrons. The van der Waals surface area contributed by atoms with Crippen molar-refractivity contribution in [3.05, 3.63) is 40.8 Å². The largest absolute Gasteiger partial charge is 0.368 e. The minimum absolute atomic E-state index is 0.0899. The average Bonchev–Trinajstić information content (AvgIpc) is 2.88. The molecule has 0 atom stereocenters. The average molecular weight is 375 g/mol. The molecular weight excluding hydrogens is 359 g/mol. The Hall–Kier alpha value is -1.28. The molecule has 0 saturated carbocycles. The van der Waals surface area contributed by atoms with E-state index >= 15 is 0 Å². The molecule has 23 heavy (non-hydrogen) atoms. The van der Waals surface area contributed by atoms with Crippen LogP contribution in [0.3, 0.4) is 0 Å². The summed E-state index contributed by atoms with van der Waals surface area (Å²) in [5.74, 6) is 0. The first-order chi connectivity index (χ1) is 10.9. The maximum absolute atomic E-state index is 12.7. The molecule has 1 fully saturated rings. The van der Waals surface area contributed by atoms with Gasteiger partial charge in [0.2, 0.25) is 5.03 Å². The molecule has 6 nitrogen and oxygen atoms in total. The predicted molar refractivity (Wildman–Crippen MR) is 90.6 cm³/mol. The van der Waals surface area contributed by atoms with E-state index in [1.54, 1.807) is 7.05 Å². The Bertz CT molecular complexity index is 814. The fourth-order valence-corrected chi connectivity index (χ4v) is 4.63. The van der Waals surface area contributed by atoms with Crippen LogP contribution in [0.4, 0.5) is 5.69 Å². The fraction of sp³-hybridized carbons (Fsp3) is 0.357. The van der Waals surface area contributed by atoms with Crippen molar-refractivity contribution in [2.75, 3.05) is 31.1 Å². The second-order valence-corrected chi connectivity index (χ2v) is 7.91. The van der Waals surface area contributed by atoms with Gasteiger partial charge >= 0.3 is 0 Å².